The van der Waals surface area contributed by atoms with E-state index in [-0.39, 0.29) is 22.1 Å². The van der Waals surface area contributed by atoms with E-state index in [1.165, 1.54) is 25.3 Å². The van der Waals surface area contributed by atoms with E-state index in [0.29, 0.717) is 30.4 Å². The smallest absolute Gasteiger partial charge is 0.348 e. The minimum atomic E-state index is -0.495. The van der Waals surface area contributed by atoms with Gasteiger partial charge in [-0.15, -0.1) is 0 Å². The Morgan fingerprint density at radius 1 is 1.06 bits per heavy atom. The normalized spacial score (nSPS) is 13.3. The monoisotopic (exact) mass is 476 g/mol. The number of nitrogens with zero attached hydrogens (tertiary/aromatic N) is 2. The summed E-state index contributed by atoms with van der Waals surface area (Å²) >= 11 is 0. The molecule has 0 fully saturated rings. The summed E-state index contributed by atoms with van der Waals surface area (Å²) in [5.74, 6) is 1.06. The van der Waals surface area contributed by atoms with E-state index >= 15 is 0 Å². The molecule has 0 unspecified atom stereocenters. The van der Waals surface area contributed by atoms with Crippen molar-refractivity contribution in [2.45, 2.75) is 107 Å². The predicted octanol–water partition coefficient (Wildman–Crippen LogP) is 7.22. The lowest BCUT2D eigenvalue weighted by Crippen LogP contribution is -2.30. The summed E-state index contributed by atoms with van der Waals surface area (Å²) in [6.07, 6.45) is 7.31. The Labute approximate surface area is 209 Å². The molecule has 0 aliphatic carbocycles. The zero-order valence-corrected chi connectivity index (χ0v) is 23.6. The van der Waals surface area contributed by atoms with Crippen LogP contribution in [0.4, 0.5) is 0 Å². The van der Waals surface area contributed by atoms with Crippen LogP contribution in [0.3, 0.4) is 0 Å². The Kier molecular flexibility index (Phi) is 12.6. The molecule has 0 atom stereocenters. The summed E-state index contributed by atoms with van der Waals surface area (Å²) in [6, 6.07) is 1.52. The van der Waals surface area contributed by atoms with Gasteiger partial charge in [0.05, 0.1) is 12.3 Å². The van der Waals surface area contributed by atoms with Gasteiger partial charge in [-0.1, -0.05) is 61.8 Å². The van der Waals surface area contributed by atoms with Crippen LogP contribution in [0.15, 0.2) is 20.3 Å². The van der Waals surface area contributed by atoms with Crippen LogP contribution in [0.5, 0.6) is 5.75 Å². The van der Waals surface area contributed by atoms with Crippen LogP contribution in [0, 0.1) is 23.7 Å². The van der Waals surface area contributed by atoms with E-state index in [9.17, 15) is 9.90 Å². The molecule has 0 aliphatic heterocycles. The van der Waals surface area contributed by atoms with E-state index in [1.807, 2.05) is 0 Å². The maximum absolute atomic E-state index is 12.7. The quantitative estimate of drug-likeness (QED) is 0.256. The Morgan fingerprint density at radius 3 is 2.26 bits per heavy atom. The van der Waals surface area contributed by atoms with Gasteiger partial charge in [0.25, 0.3) is 0 Å². The van der Waals surface area contributed by atoms with Gasteiger partial charge in [0.15, 0.2) is 0 Å². The standard InChI is InChI=1S/C29H52N2O3/c1-10-14-28(6,7)21-29(8,9)15-12-24(26-25(32)20-23(5)34-27(26)33)30-16-19-31(17-11-2)18-13-22(3)4/h20,22,32H,10-19,21H2,1-9H3. The molecule has 1 rings (SSSR count). The van der Waals surface area contributed by atoms with Crippen molar-refractivity contribution in [1.82, 2.24) is 4.90 Å². The van der Waals surface area contributed by atoms with Crippen molar-refractivity contribution in [1.29, 1.82) is 0 Å². The largest absolute Gasteiger partial charge is 0.507 e. The van der Waals surface area contributed by atoms with Crippen LogP contribution in [0.25, 0.3) is 0 Å². The van der Waals surface area contributed by atoms with Gasteiger partial charge in [0, 0.05) is 12.6 Å². The second-order valence-corrected chi connectivity index (χ2v) is 12.0. The molecule has 34 heavy (non-hydrogen) atoms. The van der Waals surface area contributed by atoms with Crippen LogP contribution in [0.2, 0.25) is 0 Å². The fourth-order valence-electron chi connectivity index (χ4n) is 5.17. The van der Waals surface area contributed by atoms with Crippen molar-refractivity contribution in [2.75, 3.05) is 26.2 Å². The number of aryl methyl sites for hydroxylation is 1. The van der Waals surface area contributed by atoms with Crippen LogP contribution >= 0.6 is 0 Å². The van der Waals surface area contributed by atoms with Crippen LogP contribution in [0.1, 0.15) is 112 Å². The average Bonchev–Trinajstić information content (AvgIpc) is 2.68. The number of hydrogen-bond donors (Lipinski definition) is 1. The van der Waals surface area contributed by atoms with Gasteiger partial charge in [-0.2, -0.15) is 0 Å². The highest BCUT2D eigenvalue weighted by Gasteiger charge is 2.29. The third-order valence-corrected chi connectivity index (χ3v) is 6.55. The molecule has 1 heterocycles. The molecule has 5 heteroatoms. The molecule has 5 nitrogen and oxygen atoms in total. The van der Waals surface area contributed by atoms with Gasteiger partial charge in [-0.25, -0.2) is 4.79 Å². The lowest BCUT2D eigenvalue weighted by atomic mass is 9.70. The molecule has 0 amide bonds. The molecule has 0 spiro atoms. The molecule has 0 saturated heterocycles. The van der Waals surface area contributed by atoms with Gasteiger partial charge >= 0.3 is 5.63 Å². The van der Waals surface area contributed by atoms with Gasteiger partial charge in [-0.3, -0.25) is 4.99 Å². The zero-order valence-electron chi connectivity index (χ0n) is 23.6. The minimum absolute atomic E-state index is 0.0261. The van der Waals surface area contributed by atoms with Crippen molar-refractivity contribution < 1.29 is 9.52 Å². The summed E-state index contributed by atoms with van der Waals surface area (Å²) in [5, 5.41) is 10.6. The van der Waals surface area contributed by atoms with E-state index < -0.39 is 5.63 Å². The van der Waals surface area contributed by atoms with Crippen molar-refractivity contribution in [3.05, 3.63) is 27.8 Å². The molecule has 0 bridgehead atoms. The first-order valence-corrected chi connectivity index (χ1v) is 13.4. The Morgan fingerprint density at radius 2 is 1.71 bits per heavy atom. The fraction of sp³-hybridized carbons (Fsp3) is 0.793. The highest BCUT2D eigenvalue weighted by atomic mass is 16.4. The second kappa shape index (κ2) is 14.1. The predicted molar refractivity (Wildman–Crippen MR) is 145 cm³/mol. The summed E-state index contributed by atoms with van der Waals surface area (Å²) < 4.78 is 5.34. The second-order valence-electron chi connectivity index (χ2n) is 12.0. The maximum Gasteiger partial charge on any atom is 0.348 e. The molecule has 0 radical (unpaired) electrons. The first-order chi connectivity index (χ1) is 15.8. The summed E-state index contributed by atoms with van der Waals surface area (Å²) in [5.41, 5.74) is 0.792. The highest BCUT2D eigenvalue weighted by molar-refractivity contribution is 6.02. The summed E-state index contributed by atoms with van der Waals surface area (Å²) in [4.78, 5) is 20.0. The summed E-state index contributed by atoms with van der Waals surface area (Å²) in [7, 11) is 0. The molecule has 196 valence electrons. The molecule has 1 aromatic rings. The first-order valence-electron chi connectivity index (χ1n) is 13.4. The SMILES string of the molecule is CCCN(CCN=C(CCC(C)(C)CC(C)(C)CCC)c1c(O)cc(C)oc1=O)CCC(C)C. The minimum Gasteiger partial charge on any atom is -0.507 e. The number of hydrogen-bond acceptors (Lipinski definition) is 5. The molecule has 0 aromatic carbocycles. The zero-order chi connectivity index (χ0) is 25.9. The van der Waals surface area contributed by atoms with Gasteiger partial charge < -0.3 is 14.4 Å². The third kappa shape index (κ3) is 11.2. The van der Waals surface area contributed by atoms with Crippen LogP contribution < -0.4 is 5.63 Å². The Balaban J connectivity index is 3.09. The lowest BCUT2D eigenvalue weighted by Gasteiger charge is -2.35. The number of aliphatic imine (C=N–C) groups is 1. The van der Waals surface area contributed by atoms with Crippen molar-refractivity contribution in [3.63, 3.8) is 0 Å². The van der Waals surface area contributed by atoms with Gasteiger partial charge in [0.2, 0.25) is 0 Å². The van der Waals surface area contributed by atoms with Crippen molar-refractivity contribution in [3.8, 4) is 5.75 Å². The first kappa shape index (κ1) is 30.4. The topological polar surface area (TPSA) is 66.0 Å². The summed E-state index contributed by atoms with van der Waals surface area (Å²) in [6.45, 7) is 23.5. The van der Waals surface area contributed by atoms with E-state index in [1.54, 1.807) is 6.92 Å². The lowest BCUT2D eigenvalue weighted by molar-refractivity contribution is 0.173. The third-order valence-electron chi connectivity index (χ3n) is 6.55. The Bertz CT molecular complexity index is 821. The molecule has 0 saturated carbocycles. The fourth-order valence-corrected chi connectivity index (χ4v) is 5.17. The van der Waals surface area contributed by atoms with Crippen LogP contribution in [-0.2, 0) is 0 Å². The molecule has 0 aliphatic rings. The molecule has 1 N–H and O–H groups in total. The number of aromatic hydroxyl groups is 1. The van der Waals surface area contributed by atoms with E-state index in [2.05, 4.69) is 60.3 Å². The van der Waals surface area contributed by atoms with Gasteiger partial charge in [0.1, 0.15) is 17.1 Å². The molecule has 1 aromatic heterocycles. The van der Waals surface area contributed by atoms with Crippen LogP contribution in [-0.4, -0.2) is 41.9 Å². The van der Waals surface area contributed by atoms with Crippen molar-refractivity contribution in [2.24, 2.45) is 21.7 Å². The average molecular weight is 477 g/mol. The maximum atomic E-state index is 12.7. The number of rotatable bonds is 16. The highest BCUT2D eigenvalue weighted by Crippen LogP contribution is 2.40. The van der Waals surface area contributed by atoms with Crippen molar-refractivity contribution >= 4 is 5.71 Å². The molecular weight excluding hydrogens is 424 g/mol. The van der Waals surface area contributed by atoms with E-state index in [4.69, 9.17) is 9.41 Å². The Hall–Kier alpha value is -1.62. The van der Waals surface area contributed by atoms with Gasteiger partial charge in [-0.05, 0) is 75.3 Å². The van der Waals surface area contributed by atoms with E-state index in [0.717, 1.165) is 38.9 Å². The molecular formula is C29H52N2O3.